The molecule has 0 saturated carbocycles. The van der Waals surface area contributed by atoms with E-state index in [0.29, 0.717) is 13.0 Å². The van der Waals surface area contributed by atoms with Crippen LogP contribution in [-0.2, 0) is 17.9 Å². The Bertz CT molecular complexity index is 733. The van der Waals surface area contributed by atoms with E-state index in [9.17, 15) is 14.0 Å². The van der Waals surface area contributed by atoms with Crippen molar-refractivity contribution in [3.05, 3.63) is 51.7 Å². The van der Waals surface area contributed by atoms with Gasteiger partial charge in [-0.05, 0) is 31.0 Å². The van der Waals surface area contributed by atoms with Crippen LogP contribution >= 0.6 is 11.3 Å². The molecule has 1 aromatic heterocycles. The van der Waals surface area contributed by atoms with Gasteiger partial charge in [0, 0.05) is 17.6 Å². The number of aromatic nitrogens is 1. The molecule has 26 heavy (non-hydrogen) atoms. The molecular weight excluding hydrogens is 355 g/mol. The Hall–Kier alpha value is -2.48. The Kier molecular flexibility index (Phi) is 7.53. The van der Waals surface area contributed by atoms with Gasteiger partial charge in [0.25, 0.3) is 0 Å². The summed E-state index contributed by atoms with van der Waals surface area (Å²) in [5.41, 5.74) is 1.69. The first kappa shape index (κ1) is 19.8. The van der Waals surface area contributed by atoms with Gasteiger partial charge in [-0.15, -0.1) is 11.3 Å². The third kappa shape index (κ3) is 6.44. The van der Waals surface area contributed by atoms with Gasteiger partial charge in [-0.25, -0.2) is 14.2 Å². The van der Waals surface area contributed by atoms with Crippen LogP contribution in [0.5, 0.6) is 0 Å². The summed E-state index contributed by atoms with van der Waals surface area (Å²) in [5, 5.41) is 10.9. The van der Waals surface area contributed by atoms with Crippen molar-refractivity contribution in [3.8, 4) is 0 Å². The van der Waals surface area contributed by atoms with Crippen molar-refractivity contribution in [3.63, 3.8) is 0 Å². The first-order valence-corrected chi connectivity index (χ1v) is 9.33. The van der Waals surface area contributed by atoms with Crippen LogP contribution in [0, 0.1) is 12.7 Å². The summed E-state index contributed by atoms with van der Waals surface area (Å²) < 4.78 is 12.9. The summed E-state index contributed by atoms with van der Waals surface area (Å²) in [7, 11) is 0. The van der Waals surface area contributed by atoms with Crippen LogP contribution in [0.1, 0.15) is 36.0 Å². The van der Waals surface area contributed by atoms with Crippen LogP contribution < -0.4 is 16.0 Å². The van der Waals surface area contributed by atoms with Crippen LogP contribution in [0.25, 0.3) is 0 Å². The summed E-state index contributed by atoms with van der Waals surface area (Å²) in [6.45, 7) is 4.44. The molecule has 0 saturated heterocycles. The molecule has 8 heteroatoms. The number of thiazole rings is 1. The first-order valence-electron chi connectivity index (χ1n) is 8.45. The zero-order valence-electron chi connectivity index (χ0n) is 14.8. The van der Waals surface area contributed by atoms with Crippen molar-refractivity contribution in [1.29, 1.82) is 0 Å². The van der Waals surface area contributed by atoms with E-state index >= 15 is 0 Å². The molecule has 3 amide bonds. The van der Waals surface area contributed by atoms with E-state index in [0.717, 1.165) is 22.7 Å². The van der Waals surface area contributed by atoms with Crippen molar-refractivity contribution in [2.75, 3.05) is 0 Å². The highest BCUT2D eigenvalue weighted by Crippen LogP contribution is 2.08. The molecule has 0 spiro atoms. The summed E-state index contributed by atoms with van der Waals surface area (Å²) in [5.74, 6) is -0.565. The topological polar surface area (TPSA) is 83.1 Å². The van der Waals surface area contributed by atoms with Gasteiger partial charge in [-0.2, -0.15) is 0 Å². The Morgan fingerprint density at radius 3 is 2.54 bits per heavy atom. The number of rotatable bonds is 8. The fourth-order valence-corrected chi connectivity index (χ4v) is 3.03. The molecular formula is C18H23FN4O2S. The van der Waals surface area contributed by atoms with Gasteiger partial charge < -0.3 is 16.0 Å². The minimum atomic E-state index is -0.616. The van der Waals surface area contributed by atoms with Gasteiger partial charge >= 0.3 is 6.03 Å². The lowest BCUT2D eigenvalue weighted by molar-refractivity contribution is -0.123. The standard InChI is InChI=1S/C18H23FN4O2S/c1-3-4-15(17(24)20-10-16-22-12(2)11-26-16)23-18(25)21-9-13-5-7-14(19)8-6-13/h5-8,11,15H,3-4,9-10H2,1-2H3,(H,20,24)(H2,21,23,25)/t15-/m0/s1. The summed E-state index contributed by atoms with van der Waals surface area (Å²) in [6.07, 6.45) is 1.29. The minimum Gasteiger partial charge on any atom is -0.348 e. The zero-order valence-corrected chi connectivity index (χ0v) is 15.7. The van der Waals surface area contributed by atoms with Crippen molar-refractivity contribution in [2.45, 2.75) is 45.8 Å². The van der Waals surface area contributed by atoms with Gasteiger partial charge in [0.15, 0.2) is 0 Å². The van der Waals surface area contributed by atoms with Crippen molar-refractivity contribution in [2.24, 2.45) is 0 Å². The number of benzene rings is 1. The van der Waals surface area contributed by atoms with Crippen LogP contribution in [0.4, 0.5) is 9.18 Å². The smallest absolute Gasteiger partial charge is 0.315 e. The monoisotopic (exact) mass is 378 g/mol. The summed E-state index contributed by atoms with van der Waals surface area (Å²) in [4.78, 5) is 28.7. The lowest BCUT2D eigenvalue weighted by Gasteiger charge is -2.18. The summed E-state index contributed by atoms with van der Waals surface area (Å²) >= 11 is 1.49. The van der Waals surface area contributed by atoms with E-state index in [-0.39, 0.29) is 18.3 Å². The SMILES string of the molecule is CCC[C@H](NC(=O)NCc1ccc(F)cc1)C(=O)NCc1nc(C)cs1. The van der Waals surface area contributed by atoms with E-state index in [1.165, 1.54) is 23.5 Å². The molecule has 2 rings (SSSR count). The van der Waals surface area contributed by atoms with Crippen LogP contribution in [0.3, 0.4) is 0 Å². The first-order chi connectivity index (χ1) is 12.5. The van der Waals surface area contributed by atoms with Crippen molar-refractivity contribution in [1.82, 2.24) is 20.9 Å². The van der Waals surface area contributed by atoms with Gasteiger partial charge in [0.05, 0.1) is 6.54 Å². The van der Waals surface area contributed by atoms with E-state index in [1.54, 1.807) is 12.1 Å². The molecule has 1 atom stereocenters. The Balaban J connectivity index is 1.82. The predicted molar refractivity (Wildman–Crippen MR) is 99.2 cm³/mol. The molecule has 0 aliphatic rings. The molecule has 0 bridgehead atoms. The lowest BCUT2D eigenvalue weighted by atomic mass is 10.1. The molecule has 6 nitrogen and oxygen atoms in total. The third-order valence-electron chi connectivity index (χ3n) is 3.65. The lowest BCUT2D eigenvalue weighted by Crippen LogP contribution is -2.49. The van der Waals surface area contributed by atoms with E-state index in [1.807, 2.05) is 19.2 Å². The Labute approximate surface area is 156 Å². The number of carbonyl (C=O) groups is 2. The fourth-order valence-electron chi connectivity index (χ4n) is 2.32. The Morgan fingerprint density at radius 1 is 1.19 bits per heavy atom. The quantitative estimate of drug-likeness (QED) is 0.660. The average molecular weight is 378 g/mol. The van der Waals surface area contributed by atoms with E-state index in [4.69, 9.17) is 0 Å². The molecule has 1 heterocycles. The molecule has 1 aromatic carbocycles. The van der Waals surface area contributed by atoms with Gasteiger partial charge in [0.1, 0.15) is 16.9 Å². The predicted octanol–water partition coefficient (Wildman–Crippen LogP) is 2.87. The maximum absolute atomic E-state index is 12.9. The maximum atomic E-state index is 12.9. The van der Waals surface area contributed by atoms with E-state index in [2.05, 4.69) is 20.9 Å². The number of carbonyl (C=O) groups excluding carboxylic acids is 2. The number of hydrogen-bond acceptors (Lipinski definition) is 4. The van der Waals surface area contributed by atoms with Crippen LogP contribution in [-0.4, -0.2) is 23.0 Å². The summed E-state index contributed by atoms with van der Waals surface area (Å²) in [6, 6.07) is 4.82. The zero-order chi connectivity index (χ0) is 18.9. The highest BCUT2D eigenvalue weighted by atomic mass is 32.1. The Morgan fingerprint density at radius 2 is 1.92 bits per heavy atom. The molecule has 0 aliphatic carbocycles. The maximum Gasteiger partial charge on any atom is 0.315 e. The molecule has 0 radical (unpaired) electrons. The normalized spacial score (nSPS) is 11.7. The van der Waals surface area contributed by atoms with Crippen LogP contribution in [0.15, 0.2) is 29.6 Å². The fraction of sp³-hybridized carbons (Fsp3) is 0.389. The van der Waals surface area contributed by atoms with Gasteiger partial charge in [-0.1, -0.05) is 25.5 Å². The molecule has 0 aliphatic heterocycles. The van der Waals surface area contributed by atoms with Gasteiger partial charge in [-0.3, -0.25) is 4.79 Å². The number of hydrogen-bond donors (Lipinski definition) is 3. The molecule has 140 valence electrons. The average Bonchev–Trinajstić information content (AvgIpc) is 3.04. The second-order valence-electron chi connectivity index (χ2n) is 5.90. The number of nitrogens with one attached hydrogen (secondary N) is 3. The van der Waals surface area contributed by atoms with Crippen molar-refractivity contribution >= 4 is 23.3 Å². The van der Waals surface area contributed by atoms with Crippen molar-refractivity contribution < 1.29 is 14.0 Å². The molecule has 2 aromatic rings. The second kappa shape index (κ2) is 9.86. The number of halogens is 1. The number of urea groups is 1. The number of amides is 3. The highest BCUT2D eigenvalue weighted by molar-refractivity contribution is 7.09. The number of nitrogens with zero attached hydrogens (tertiary/aromatic N) is 1. The molecule has 3 N–H and O–H groups in total. The number of aryl methyl sites for hydroxylation is 1. The van der Waals surface area contributed by atoms with Crippen LogP contribution in [0.2, 0.25) is 0 Å². The third-order valence-corrected chi connectivity index (χ3v) is 4.61. The molecule has 0 fully saturated rings. The highest BCUT2D eigenvalue weighted by Gasteiger charge is 2.19. The van der Waals surface area contributed by atoms with E-state index < -0.39 is 12.1 Å². The molecule has 0 unspecified atom stereocenters. The van der Waals surface area contributed by atoms with Gasteiger partial charge in [0.2, 0.25) is 5.91 Å². The second-order valence-corrected chi connectivity index (χ2v) is 6.84. The largest absolute Gasteiger partial charge is 0.348 e. The minimum absolute atomic E-state index is 0.239.